The second-order valence-corrected chi connectivity index (χ2v) is 3.74. The van der Waals surface area contributed by atoms with E-state index >= 15 is 0 Å². The molecule has 0 aliphatic rings. The van der Waals surface area contributed by atoms with E-state index < -0.39 is 59.9 Å². The van der Waals surface area contributed by atoms with E-state index in [0.717, 1.165) is 0 Å². The Morgan fingerprint density at radius 1 is 0.519 bits per heavy atom. The Kier molecular flexibility index (Phi) is 11.1. The van der Waals surface area contributed by atoms with E-state index in [1.54, 1.807) is 0 Å². The average molecular weight is 609 g/mol. The molecule has 0 aliphatic carbocycles. The van der Waals surface area contributed by atoms with Crippen LogP contribution in [0, 0.1) is 0 Å². The van der Waals surface area contributed by atoms with Crippen molar-refractivity contribution in [2.45, 2.75) is 24.7 Å². The normalized spacial score (nSPS) is 13.9. The van der Waals surface area contributed by atoms with Crippen LogP contribution in [0.5, 0.6) is 0 Å². The molecule has 0 amide bonds. The standard InChI is InChI=1S/2C5H2F6O2.Pt/c2*6-4(7,8)2(12)1-3(13)5(9,10)11;/h2*1,12H;/q;;+2/p-2. The first-order chi connectivity index (χ1) is 11.1. The summed E-state index contributed by atoms with van der Waals surface area (Å²) >= 11 is 0. The van der Waals surface area contributed by atoms with Crippen LogP contribution >= 0.6 is 0 Å². The number of carbonyl (C=O) groups is 2. The third kappa shape index (κ3) is 13.1. The van der Waals surface area contributed by atoms with Gasteiger partial charge in [0.05, 0.1) is 0 Å². The predicted octanol–water partition coefficient (Wildman–Crippen LogP) is 1.85. The van der Waals surface area contributed by atoms with Crippen molar-refractivity contribution in [1.82, 2.24) is 0 Å². The molecule has 0 bridgehead atoms. The second kappa shape index (κ2) is 9.99. The Morgan fingerprint density at radius 2 is 0.704 bits per heavy atom. The van der Waals surface area contributed by atoms with E-state index in [-0.39, 0.29) is 21.1 Å². The third-order valence-corrected chi connectivity index (χ3v) is 1.64. The van der Waals surface area contributed by atoms with E-state index in [2.05, 4.69) is 0 Å². The summed E-state index contributed by atoms with van der Waals surface area (Å²) in [6.45, 7) is 0. The van der Waals surface area contributed by atoms with Crippen LogP contribution in [0.15, 0.2) is 23.7 Å². The van der Waals surface area contributed by atoms with Crippen molar-refractivity contribution in [1.29, 1.82) is 0 Å². The molecule has 0 aromatic rings. The Labute approximate surface area is 154 Å². The number of halogens is 12. The summed E-state index contributed by atoms with van der Waals surface area (Å²) in [6.07, 6.45) is -23.9. The minimum Gasteiger partial charge on any atom is -0.869 e. The number of hydrogen-bond donors (Lipinski definition) is 0. The van der Waals surface area contributed by atoms with Crippen molar-refractivity contribution >= 4 is 11.6 Å². The van der Waals surface area contributed by atoms with Gasteiger partial charge >= 0.3 is 45.8 Å². The van der Waals surface area contributed by atoms with Gasteiger partial charge in [0.25, 0.3) is 11.6 Å². The first-order valence-corrected chi connectivity index (χ1v) is 5.24. The monoisotopic (exact) mass is 609 g/mol. The summed E-state index contributed by atoms with van der Waals surface area (Å²) in [7, 11) is 0. The molecule has 160 valence electrons. The third-order valence-electron chi connectivity index (χ3n) is 1.64. The molecule has 4 nitrogen and oxygen atoms in total. The Bertz CT molecular complexity index is 527. The van der Waals surface area contributed by atoms with Gasteiger partial charge in [-0.3, -0.25) is 9.59 Å². The van der Waals surface area contributed by atoms with Crippen LogP contribution in [0.1, 0.15) is 0 Å². The Hall–Kier alpha value is -1.73. The summed E-state index contributed by atoms with van der Waals surface area (Å²) in [4.78, 5) is 19.6. The molecule has 0 fully saturated rings. The summed E-state index contributed by atoms with van der Waals surface area (Å²) in [5.74, 6) is -11.3. The van der Waals surface area contributed by atoms with E-state index in [1.165, 1.54) is 0 Å². The topological polar surface area (TPSA) is 80.3 Å². The minimum atomic E-state index is -5.46. The quantitative estimate of drug-likeness (QED) is 0.272. The Morgan fingerprint density at radius 3 is 0.815 bits per heavy atom. The van der Waals surface area contributed by atoms with Crippen molar-refractivity contribution in [3.63, 3.8) is 0 Å². The predicted molar refractivity (Wildman–Crippen MR) is 50.4 cm³/mol. The maximum Gasteiger partial charge on any atom is 2.00 e. The molecule has 0 saturated carbocycles. The number of ketones is 2. The molecule has 0 atom stereocenters. The first kappa shape index (κ1) is 30.0. The van der Waals surface area contributed by atoms with Crippen molar-refractivity contribution in [3.05, 3.63) is 23.7 Å². The van der Waals surface area contributed by atoms with E-state index in [1.807, 2.05) is 0 Å². The van der Waals surface area contributed by atoms with Crippen molar-refractivity contribution in [2.75, 3.05) is 0 Å². The van der Waals surface area contributed by atoms with Crippen molar-refractivity contribution in [2.24, 2.45) is 0 Å². The molecule has 0 spiro atoms. The molecule has 0 aromatic carbocycles. The number of rotatable bonds is 2. The van der Waals surface area contributed by atoms with Gasteiger partial charge in [-0.25, -0.2) is 0 Å². The van der Waals surface area contributed by atoms with Crippen molar-refractivity contribution in [3.8, 4) is 0 Å². The fourth-order valence-electron chi connectivity index (χ4n) is 0.565. The SMILES string of the molecule is O=C(C=C([O-])C(F)(F)F)C(F)(F)F.O=C(C=C([O-])C(F)(F)F)C(F)(F)F.[Pt+2]. The van der Waals surface area contributed by atoms with Gasteiger partial charge in [0.1, 0.15) is 0 Å². The minimum absolute atomic E-state index is 0. The molecule has 17 heteroatoms. The van der Waals surface area contributed by atoms with E-state index in [4.69, 9.17) is 0 Å². The summed E-state index contributed by atoms with van der Waals surface area (Å²) in [6, 6.07) is 0. The molecule has 0 unspecified atom stereocenters. The number of allylic oxidation sites excluding steroid dienone is 4. The average Bonchev–Trinajstić information content (AvgIpc) is 2.34. The molecule has 27 heavy (non-hydrogen) atoms. The molecule has 0 saturated heterocycles. The van der Waals surface area contributed by atoms with Gasteiger partial charge in [0.15, 0.2) is 0 Å². The number of carbonyl (C=O) groups excluding carboxylic acids is 2. The largest absolute Gasteiger partial charge is 2.00 e. The van der Waals surface area contributed by atoms with Gasteiger partial charge in [0, 0.05) is 0 Å². The van der Waals surface area contributed by atoms with Gasteiger partial charge < -0.3 is 10.2 Å². The van der Waals surface area contributed by atoms with Crippen LogP contribution in [0.3, 0.4) is 0 Å². The van der Waals surface area contributed by atoms with Gasteiger partial charge in [-0.05, 0) is 23.7 Å². The molecule has 0 rings (SSSR count). The molecule has 0 aromatic heterocycles. The van der Waals surface area contributed by atoms with Gasteiger partial charge in [0.2, 0.25) is 0 Å². The zero-order chi connectivity index (χ0) is 21.7. The zero-order valence-corrected chi connectivity index (χ0v) is 13.9. The van der Waals surface area contributed by atoms with Crippen LogP contribution in [0.2, 0.25) is 0 Å². The van der Waals surface area contributed by atoms with Crippen molar-refractivity contribution < 1.29 is 93.6 Å². The van der Waals surface area contributed by atoms with E-state index in [9.17, 15) is 72.5 Å². The van der Waals surface area contributed by atoms with Crippen LogP contribution in [-0.2, 0) is 30.7 Å². The first-order valence-electron chi connectivity index (χ1n) is 5.24. The van der Waals surface area contributed by atoms with Crippen LogP contribution in [-0.4, -0.2) is 36.3 Å². The molecular formula is C10H2F12O4Pt. The summed E-state index contributed by atoms with van der Waals surface area (Å²) in [5, 5.41) is 19.6. The Balaban J connectivity index is -0.000000411. The molecule has 0 N–H and O–H groups in total. The van der Waals surface area contributed by atoms with Gasteiger partial charge in [-0.15, -0.1) is 0 Å². The molecule has 0 heterocycles. The molecule has 0 aliphatic heterocycles. The van der Waals surface area contributed by atoms with E-state index in [0.29, 0.717) is 0 Å². The van der Waals surface area contributed by atoms with Gasteiger partial charge in [-0.2, -0.15) is 52.7 Å². The smallest absolute Gasteiger partial charge is 0.869 e. The molecular weight excluding hydrogens is 607 g/mol. The maximum atomic E-state index is 11.3. The fraction of sp³-hybridized carbons (Fsp3) is 0.400. The van der Waals surface area contributed by atoms with Crippen LogP contribution in [0.25, 0.3) is 0 Å². The zero-order valence-electron chi connectivity index (χ0n) is 11.6. The fourth-order valence-corrected chi connectivity index (χ4v) is 0.565. The number of alkyl halides is 12. The van der Waals surface area contributed by atoms with Crippen LogP contribution < -0.4 is 10.2 Å². The maximum absolute atomic E-state index is 11.3. The summed E-state index contributed by atoms with van der Waals surface area (Å²) < 4.78 is 136. The number of hydrogen-bond acceptors (Lipinski definition) is 4. The summed E-state index contributed by atoms with van der Waals surface area (Å²) in [5.41, 5.74) is 0. The van der Waals surface area contributed by atoms with Gasteiger partial charge in [-0.1, -0.05) is 0 Å². The second-order valence-electron chi connectivity index (χ2n) is 3.74. The van der Waals surface area contributed by atoms with Crippen LogP contribution in [0.4, 0.5) is 52.7 Å². The molecule has 0 radical (unpaired) electrons.